The van der Waals surface area contributed by atoms with Gasteiger partial charge in [0.25, 0.3) is 0 Å². The Bertz CT molecular complexity index is 937. The van der Waals surface area contributed by atoms with E-state index in [4.69, 9.17) is 9.47 Å². The summed E-state index contributed by atoms with van der Waals surface area (Å²) in [5.41, 5.74) is 2.14. The molecule has 1 saturated heterocycles. The molecule has 0 amide bonds. The van der Waals surface area contributed by atoms with Gasteiger partial charge in [-0.1, -0.05) is 49.3 Å². The first-order valence-corrected chi connectivity index (χ1v) is 13.0. The molecule has 0 bridgehead atoms. The highest BCUT2D eigenvalue weighted by Crippen LogP contribution is 2.39. The van der Waals surface area contributed by atoms with Crippen LogP contribution in [0.15, 0.2) is 48.6 Å². The van der Waals surface area contributed by atoms with Gasteiger partial charge in [0.15, 0.2) is 11.6 Å². The van der Waals surface area contributed by atoms with Gasteiger partial charge in [-0.05, 0) is 87.5 Å². The fraction of sp³-hybridized carbons (Fsp3) is 0.533. The highest BCUT2D eigenvalue weighted by molar-refractivity contribution is 5.65. The van der Waals surface area contributed by atoms with E-state index in [-0.39, 0.29) is 11.3 Å². The summed E-state index contributed by atoms with van der Waals surface area (Å²) in [4.78, 5) is 0. The lowest BCUT2D eigenvalue weighted by Gasteiger charge is -2.38. The molecular formula is C30H38F2O2. The molecule has 2 aliphatic rings. The van der Waals surface area contributed by atoms with Crippen LogP contribution in [-0.2, 0) is 4.74 Å². The average molecular weight is 469 g/mol. The van der Waals surface area contributed by atoms with Crippen molar-refractivity contribution >= 4 is 0 Å². The first kappa shape index (κ1) is 24.9. The molecule has 2 aromatic carbocycles. The molecule has 4 heteroatoms. The van der Waals surface area contributed by atoms with Gasteiger partial charge in [-0.3, -0.25) is 0 Å². The molecule has 1 aliphatic carbocycles. The highest BCUT2D eigenvalue weighted by atomic mass is 19.2. The predicted octanol–water partition coefficient (Wildman–Crippen LogP) is 8.46. The van der Waals surface area contributed by atoms with Crippen molar-refractivity contribution in [3.05, 3.63) is 65.7 Å². The second-order valence-electron chi connectivity index (χ2n) is 9.87. The van der Waals surface area contributed by atoms with Crippen LogP contribution >= 0.6 is 0 Å². The molecule has 34 heavy (non-hydrogen) atoms. The van der Waals surface area contributed by atoms with Crippen LogP contribution in [0.25, 0.3) is 11.1 Å². The first-order chi connectivity index (χ1) is 16.6. The maximum absolute atomic E-state index is 14.6. The van der Waals surface area contributed by atoms with Crippen molar-refractivity contribution in [2.75, 3.05) is 13.2 Å². The lowest BCUT2D eigenvalue weighted by atomic mass is 9.75. The third-order valence-electron chi connectivity index (χ3n) is 7.75. The molecule has 4 rings (SSSR count). The second kappa shape index (κ2) is 12.0. The average Bonchev–Trinajstić information content (AvgIpc) is 2.88. The molecule has 2 atom stereocenters. The molecule has 1 saturated carbocycles. The van der Waals surface area contributed by atoms with Crippen LogP contribution < -0.4 is 4.74 Å². The Morgan fingerprint density at radius 2 is 1.71 bits per heavy atom. The second-order valence-corrected chi connectivity index (χ2v) is 9.87. The van der Waals surface area contributed by atoms with Crippen molar-refractivity contribution in [2.45, 2.75) is 77.2 Å². The summed E-state index contributed by atoms with van der Waals surface area (Å²) >= 11 is 0. The van der Waals surface area contributed by atoms with E-state index in [1.54, 1.807) is 13.0 Å². The molecule has 2 nitrogen and oxygen atoms in total. The Hall–Kier alpha value is -2.20. The zero-order valence-corrected chi connectivity index (χ0v) is 20.6. The number of hydrogen-bond donors (Lipinski definition) is 0. The van der Waals surface area contributed by atoms with Gasteiger partial charge in [0, 0.05) is 11.5 Å². The highest BCUT2D eigenvalue weighted by Gasteiger charge is 2.32. The number of benzene rings is 2. The van der Waals surface area contributed by atoms with Crippen molar-refractivity contribution in [1.82, 2.24) is 0 Å². The van der Waals surface area contributed by atoms with Crippen molar-refractivity contribution in [3.63, 3.8) is 0 Å². The topological polar surface area (TPSA) is 18.5 Å². The van der Waals surface area contributed by atoms with Crippen LogP contribution in [0, 0.1) is 23.5 Å². The Balaban J connectivity index is 1.30. The molecule has 2 aromatic rings. The maximum atomic E-state index is 14.6. The van der Waals surface area contributed by atoms with E-state index in [9.17, 15) is 8.78 Å². The lowest BCUT2D eigenvalue weighted by Crippen LogP contribution is -2.33. The van der Waals surface area contributed by atoms with Gasteiger partial charge in [-0.15, -0.1) is 0 Å². The van der Waals surface area contributed by atoms with E-state index in [0.717, 1.165) is 25.4 Å². The number of halogens is 2. The zero-order chi connectivity index (χ0) is 23.9. The fourth-order valence-corrected chi connectivity index (χ4v) is 5.71. The molecule has 184 valence electrons. The minimum atomic E-state index is -0.929. The summed E-state index contributed by atoms with van der Waals surface area (Å²) in [5.74, 6) is 0.122. The normalized spacial score (nSPS) is 25.5. The predicted molar refractivity (Wildman–Crippen MR) is 134 cm³/mol. The van der Waals surface area contributed by atoms with E-state index in [1.165, 1.54) is 50.2 Å². The smallest absolute Gasteiger partial charge is 0.201 e. The quantitative estimate of drug-likeness (QED) is 0.362. The largest absolute Gasteiger partial charge is 0.491 e. The Morgan fingerprint density at radius 3 is 2.35 bits per heavy atom. The Labute approximate surface area is 203 Å². The molecule has 2 unspecified atom stereocenters. The van der Waals surface area contributed by atoms with Crippen molar-refractivity contribution in [2.24, 2.45) is 11.8 Å². The van der Waals surface area contributed by atoms with Crippen LogP contribution in [-0.4, -0.2) is 19.3 Å². The minimum absolute atomic E-state index is 0.0450. The van der Waals surface area contributed by atoms with Gasteiger partial charge in [0.05, 0.1) is 19.3 Å². The SMILES string of the molecule is CC=CCCC1CCC(C2CCC(c3ccc(-c4ccc(OCC)c(F)c4F)cc3)CO2)CC1. The summed E-state index contributed by atoms with van der Waals surface area (Å²) in [6.07, 6.45) is 14.9. The van der Waals surface area contributed by atoms with Crippen LogP contribution in [0.1, 0.15) is 76.7 Å². The maximum Gasteiger partial charge on any atom is 0.201 e. The van der Waals surface area contributed by atoms with Crippen molar-refractivity contribution < 1.29 is 18.3 Å². The molecular weight excluding hydrogens is 430 g/mol. The molecule has 0 N–H and O–H groups in total. The monoisotopic (exact) mass is 468 g/mol. The van der Waals surface area contributed by atoms with Crippen molar-refractivity contribution in [3.8, 4) is 16.9 Å². The summed E-state index contributed by atoms with van der Waals surface area (Å²) in [7, 11) is 0. The lowest BCUT2D eigenvalue weighted by molar-refractivity contribution is -0.0435. The molecule has 0 aromatic heterocycles. The van der Waals surface area contributed by atoms with Gasteiger partial charge in [0.1, 0.15) is 0 Å². The standard InChI is InChI=1S/C30H38F2O2/c1-3-5-6-7-21-8-10-24(11-9-21)27-18-16-25(20-34-27)22-12-14-23(15-13-22)26-17-19-28(33-4-2)30(32)29(26)31/h3,5,12-15,17,19,21,24-25,27H,4,6-11,16,18,20H2,1-2H3. The molecule has 1 aliphatic heterocycles. The molecule has 0 spiro atoms. The third kappa shape index (κ3) is 5.89. The molecule has 1 heterocycles. The number of rotatable bonds is 8. The molecule has 2 fully saturated rings. The third-order valence-corrected chi connectivity index (χ3v) is 7.75. The minimum Gasteiger partial charge on any atom is -0.491 e. The van der Waals surface area contributed by atoms with E-state index < -0.39 is 11.6 Å². The number of allylic oxidation sites excluding steroid dienone is 2. The van der Waals surface area contributed by atoms with E-state index in [0.29, 0.717) is 30.1 Å². The van der Waals surface area contributed by atoms with Gasteiger partial charge in [-0.2, -0.15) is 4.39 Å². The van der Waals surface area contributed by atoms with E-state index in [1.807, 2.05) is 24.3 Å². The van der Waals surface area contributed by atoms with Gasteiger partial charge in [-0.25, -0.2) is 4.39 Å². The molecule has 0 radical (unpaired) electrons. The van der Waals surface area contributed by atoms with Gasteiger partial charge in [0.2, 0.25) is 5.82 Å². The number of hydrogen-bond acceptors (Lipinski definition) is 2. The van der Waals surface area contributed by atoms with Crippen LogP contribution in [0.3, 0.4) is 0 Å². The first-order valence-electron chi connectivity index (χ1n) is 13.0. The summed E-state index contributed by atoms with van der Waals surface area (Å²) in [5, 5.41) is 0. The number of ether oxygens (including phenoxy) is 2. The summed E-state index contributed by atoms with van der Waals surface area (Å²) in [6, 6.07) is 10.9. The summed E-state index contributed by atoms with van der Waals surface area (Å²) < 4.78 is 40.4. The summed E-state index contributed by atoms with van der Waals surface area (Å²) in [6.45, 7) is 4.89. The van der Waals surface area contributed by atoms with Crippen molar-refractivity contribution in [1.29, 1.82) is 0 Å². The van der Waals surface area contributed by atoms with Gasteiger partial charge < -0.3 is 9.47 Å². The van der Waals surface area contributed by atoms with Crippen LogP contribution in [0.4, 0.5) is 8.78 Å². The fourth-order valence-electron chi connectivity index (χ4n) is 5.71. The van der Waals surface area contributed by atoms with E-state index in [2.05, 4.69) is 19.1 Å². The van der Waals surface area contributed by atoms with Gasteiger partial charge >= 0.3 is 0 Å². The van der Waals surface area contributed by atoms with Crippen LogP contribution in [0.2, 0.25) is 0 Å². The Kier molecular flexibility index (Phi) is 8.77. The van der Waals surface area contributed by atoms with E-state index >= 15 is 0 Å². The Morgan fingerprint density at radius 1 is 0.941 bits per heavy atom. The zero-order valence-electron chi connectivity index (χ0n) is 20.6. The van der Waals surface area contributed by atoms with Crippen LogP contribution in [0.5, 0.6) is 5.75 Å².